The van der Waals surface area contributed by atoms with Crippen LogP contribution in [0.3, 0.4) is 0 Å². The first-order valence-corrected chi connectivity index (χ1v) is 10.3. The van der Waals surface area contributed by atoms with Gasteiger partial charge in [0.25, 0.3) is 5.56 Å². The number of fused-ring (bicyclic) bond motifs is 1. The zero-order valence-electron chi connectivity index (χ0n) is 17.5. The predicted molar refractivity (Wildman–Crippen MR) is 119 cm³/mol. The maximum Gasteiger partial charge on any atom is 0.261 e. The molecule has 1 saturated heterocycles. The number of amides is 1. The van der Waals surface area contributed by atoms with Gasteiger partial charge in [0.2, 0.25) is 5.91 Å². The summed E-state index contributed by atoms with van der Waals surface area (Å²) in [6, 6.07) is 13.9. The van der Waals surface area contributed by atoms with Crippen molar-refractivity contribution in [3.05, 3.63) is 70.8 Å². The van der Waals surface area contributed by atoms with Crippen molar-refractivity contribution in [2.75, 3.05) is 45.1 Å². The summed E-state index contributed by atoms with van der Waals surface area (Å²) in [5.41, 5.74) is 1.53. The van der Waals surface area contributed by atoms with E-state index < -0.39 is 0 Å². The van der Waals surface area contributed by atoms with E-state index in [-0.39, 0.29) is 23.8 Å². The lowest BCUT2D eigenvalue weighted by molar-refractivity contribution is -0.116. The van der Waals surface area contributed by atoms with E-state index >= 15 is 0 Å². The fraction of sp³-hybridized carbons (Fsp3) is 0.304. The van der Waals surface area contributed by atoms with Crippen molar-refractivity contribution in [3.8, 4) is 0 Å². The fourth-order valence-corrected chi connectivity index (χ4v) is 3.61. The first-order chi connectivity index (χ1) is 15.0. The van der Waals surface area contributed by atoms with E-state index in [9.17, 15) is 14.4 Å². The van der Waals surface area contributed by atoms with Crippen molar-refractivity contribution in [2.24, 2.45) is 0 Å². The molecule has 8 heteroatoms. The van der Waals surface area contributed by atoms with E-state index in [1.807, 2.05) is 6.07 Å². The number of anilines is 1. The number of nitrogens with one attached hydrogen (secondary N) is 1. The van der Waals surface area contributed by atoms with Crippen LogP contribution >= 0.6 is 0 Å². The van der Waals surface area contributed by atoms with Gasteiger partial charge in [-0.15, -0.1) is 0 Å². The minimum absolute atomic E-state index is 0.0659. The van der Waals surface area contributed by atoms with Gasteiger partial charge in [-0.05, 0) is 43.4 Å². The minimum Gasteiger partial charge on any atom is -0.325 e. The van der Waals surface area contributed by atoms with Crippen LogP contribution < -0.4 is 10.9 Å². The van der Waals surface area contributed by atoms with E-state index in [0.29, 0.717) is 28.7 Å². The first kappa shape index (κ1) is 20.9. The molecule has 0 radical (unpaired) electrons. The van der Waals surface area contributed by atoms with Gasteiger partial charge < -0.3 is 10.2 Å². The van der Waals surface area contributed by atoms with Crippen molar-refractivity contribution in [1.29, 1.82) is 0 Å². The Bertz CT molecular complexity index is 1150. The van der Waals surface area contributed by atoms with Crippen LogP contribution in [0.15, 0.2) is 59.7 Å². The van der Waals surface area contributed by atoms with Gasteiger partial charge in [0.05, 0.1) is 23.8 Å². The number of nitrogens with zero attached hydrogens (tertiary/aromatic N) is 4. The lowest BCUT2D eigenvalue weighted by atomic mass is 10.1. The van der Waals surface area contributed by atoms with Gasteiger partial charge in [0.1, 0.15) is 6.54 Å². The molecule has 4 rings (SSSR count). The molecule has 160 valence electrons. The second kappa shape index (κ2) is 9.20. The van der Waals surface area contributed by atoms with Crippen molar-refractivity contribution in [3.63, 3.8) is 0 Å². The third kappa shape index (κ3) is 5.04. The number of carbonyl (C=O) groups excluding carboxylic acids is 2. The highest BCUT2D eigenvalue weighted by Gasteiger charge is 2.17. The molecule has 2 aromatic carbocycles. The Balaban J connectivity index is 1.35. The predicted octanol–water partition coefficient (Wildman–Crippen LogP) is 1.47. The molecule has 0 atom stereocenters. The second-order valence-electron chi connectivity index (χ2n) is 7.82. The van der Waals surface area contributed by atoms with E-state index in [4.69, 9.17) is 0 Å². The number of piperazine rings is 1. The number of rotatable bonds is 6. The lowest BCUT2D eigenvalue weighted by Crippen LogP contribution is -2.46. The molecule has 1 aliphatic rings. The minimum atomic E-state index is -0.337. The quantitative estimate of drug-likeness (QED) is 0.609. The number of ketones is 1. The van der Waals surface area contributed by atoms with Crippen molar-refractivity contribution < 1.29 is 9.59 Å². The number of carbonyl (C=O) groups is 2. The third-order valence-corrected chi connectivity index (χ3v) is 5.50. The molecule has 1 amide bonds. The van der Waals surface area contributed by atoms with Crippen LogP contribution in [-0.4, -0.2) is 70.8 Å². The van der Waals surface area contributed by atoms with E-state index in [2.05, 4.69) is 27.1 Å². The van der Waals surface area contributed by atoms with Gasteiger partial charge in [-0.25, -0.2) is 4.98 Å². The number of likely N-dealkylation sites (N-methyl/N-ethyl adjacent to an activating group) is 1. The Labute approximate surface area is 180 Å². The van der Waals surface area contributed by atoms with Crippen LogP contribution in [0, 0.1) is 0 Å². The maximum atomic E-state index is 12.5. The summed E-state index contributed by atoms with van der Waals surface area (Å²) in [6.45, 7) is 3.97. The van der Waals surface area contributed by atoms with Crippen LogP contribution in [0.25, 0.3) is 10.9 Å². The zero-order chi connectivity index (χ0) is 21.8. The number of benzene rings is 2. The molecule has 1 fully saturated rings. The number of para-hydroxylation sites is 1. The molecule has 31 heavy (non-hydrogen) atoms. The number of aromatic nitrogens is 2. The highest BCUT2D eigenvalue weighted by atomic mass is 16.2. The topological polar surface area (TPSA) is 87.5 Å². The summed E-state index contributed by atoms with van der Waals surface area (Å²) in [5.74, 6) is -0.271. The van der Waals surface area contributed by atoms with Gasteiger partial charge in [-0.2, -0.15) is 0 Å². The smallest absolute Gasteiger partial charge is 0.261 e. The number of hydrogen-bond acceptors (Lipinski definition) is 6. The molecular weight excluding hydrogens is 394 g/mol. The Morgan fingerprint density at radius 2 is 1.68 bits per heavy atom. The normalized spacial score (nSPS) is 15.1. The molecule has 0 spiro atoms. The standard InChI is InChI=1S/C23H25N5O3/c1-26-10-12-27(13-11-26)14-21(29)17-6-8-18(9-7-17)25-22(30)15-28-16-24-20-5-3-2-4-19(20)23(28)31/h2-9,16H,10-15H2,1H3,(H,25,30). The Hall–Kier alpha value is -3.36. The molecule has 0 unspecified atom stereocenters. The molecular formula is C23H25N5O3. The molecule has 0 bridgehead atoms. The SMILES string of the molecule is CN1CCN(CC(=O)c2ccc(NC(=O)Cn3cnc4ccccc4c3=O)cc2)CC1. The highest BCUT2D eigenvalue weighted by molar-refractivity contribution is 5.98. The van der Waals surface area contributed by atoms with Crippen LogP contribution in [0.1, 0.15) is 10.4 Å². The number of Topliss-reactive ketones (excluding diaryl/α,β-unsaturated/α-hetero) is 1. The zero-order valence-corrected chi connectivity index (χ0v) is 17.5. The van der Waals surface area contributed by atoms with E-state index in [0.717, 1.165) is 26.2 Å². The molecule has 0 saturated carbocycles. The van der Waals surface area contributed by atoms with Crippen molar-refractivity contribution >= 4 is 28.3 Å². The van der Waals surface area contributed by atoms with Crippen LogP contribution in [0.2, 0.25) is 0 Å². The van der Waals surface area contributed by atoms with Gasteiger partial charge in [0.15, 0.2) is 5.78 Å². The summed E-state index contributed by atoms with van der Waals surface area (Å²) >= 11 is 0. The van der Waals surface area contributed by atoms with E-state index in [1.54, 1.807) is 42.5 Å². The van der Waals surface area contributed by atoms with Crippen LogP contribution in [0.5, 0.6) is 0 Å². The lowest BCUT2D eigenvalue weighted by Gasteiger charge is -2.31. The Morgan fingerprint density at radius 3 is 2.42 bits per heavy atom. The van der Waals surface area contributed by atoms with Gasteiger partial charge in [-0.3, -0.25) is 23.9 Å². The van der Waals surface area contributed by atoms with Gasteiger partial charge in [0, 0.05) is 37.4 Å². The van der Waals surface area contributed by atoms with Gasteiger partial charge in [-0.1, -0.05) is 12.1 Å². The average Bonchev–Trinajstić information content (AvgIpc) is 2.78. The highest BCUT2D eigenvalue weighted by Crippen LogP contribution is 2.12. The van der Waals surface area contributed by atoms with Gasteiger partial charge >= 0.3 is 0 Å². The molecule has 8 nitrogen and oxygen atoms in total. The maximum absolute atomic E-state index is 12.5. The molecule has 1 aromatic heterocycles. The fourth-order valence-electron chi connectivity index (χ4n) is 3.61. The number of hydrogen-bond donors (Lipinski definition) is 1. The van der Waals surface area contributed by atoms with Crippen molar-refractivity contribution in [2.45, 2.75) is 6.54 Å². The summed E-state index contributed by atoms with van der Waals surface area (Å²) < 4.78 is 1.28. The summed E-state index contributed by atoms with van der Waals surface area (Å²) in [6.07, 6.45) is 1.38. The first-order valence-electron chi connectivity index (χ1n) is 10.3. The van der Waals surface area contributed by atoms with Crippen molar-refractivity contribution in [1.82, 2.24) is 19.4 Å². The molecule has 1 N–H and O–H groups in total. The summed E-state index contributed by atoms with van der Waals surface area (Å²) in [4.78, 5) is 46.1. The third-order valence-electron chi connectivity index (χ3n) is 5.50. The summed E-state index contributed by atoms with van der Waals surface area (Å²) in [5, 5.41) is 3.24. The van der Waals surface area contributed by atoms with Crippen LogP contribution in [0.4, 0.5) is 5.69 Å². The summed E-state index contributed by atoms with van der Waals surface area (Å²) in [7, 11) is 2.08. The molecule has 0 aliphatic carbocycles. The monoisotopic (exact) mass is 419 g/mol. The Kier molecular flexibility index (Phi) is 6.20. The molecule has 2 heterocycles. The average molecular weight is 419 g/mol. The van der Waals surface area contributed by atoms with E-state index in [1.165, 1.54) is 10.9 Å². The van der Waals surface area contributed by atoms with Crippen LogP contribution in [-0.2, 0) is 11.3 Å². The second-order valence-corrected chi connectivity index (χ2v) is 7.82. The largest absolute Gasteiger partial charge is 0.325 e. The molecule has 1 aliphatic heterocycles. The Morgan fingerprint density at radius 1 is 0.968 bits per heavy atom. The molecule has 3 aromatic rings.